The molecule has 0 aliphatic heterocycles. The summed E-state index contributed by atoms with van der Waals surface area (Å²) in [6.45, 7) is 1.80. The first kappa shape index (κ1) is 12.5. The molecule has 0 saturated carbocycles. The lowest BCUT2D eigenvalue weighted by molar-refractivity contribution is 0.276. The van der Waals surface area contributed by atoms with Crippen LogP contribution in [0.25, 0.3) is 0 Å². The molecular formula is C14H16N2O2. The number of rotatable bonds is 4. The summed E-state index contributed by atoms with van der Waals surface area (Å²) < 4.78 is 5.74. The molecule has 2 aromatic rings. The Balaban J connectivity index is 2.34. The summed E-state index contributed by atoms with van der Waals surface area (Å²) in [6.07, 6.45) is 1.66. The summed E-state index contributed by atoms with van der Waals surface area (Å²) in [6, 6.07) is 10.9. The van der Waals surface area contributed by atoms with Crippen molar-refractivity contribution < 1.29 is 9.84 Å². The molecule has 2 rings (SSSR count). The Morgan fingerprint density at radius 3 is 2.78 bits per heavy atom. The Morgan fingerprint density at radius 1 is 1.28 bits per heavy atom. The highest BCUT2D eigenvalue weighted by atomic mass is 16.5. The minimum absolute atomic E-state index is 0.0729. The molecule has 0 radical (unpaired) electrons. The van der Waals surface area contributed by atoms with E-state index in [0.717, 1.165) is 11.1 Å². The first-order valence-electron chi connectivity index (χ1n) is 5.79. The van der Waals surface area contributed by atoms with E-state index in [1.807, 2.05) is 37.3 Å². The number of para-hydroxylation sites is 1. The molecule has 0 spiro atoms. The Hall–Kier alpha value is -1.91. The second-order valence-electron chi connectivity index (χ2n) is 4.05. The molecule has 4 heteroatoms. The average molecular weight is 244 g/mol. The average Bonchev–Trinajstić information content (AvgIpc) is 2.40. The van der Waals surface area contributed by atoms with E-state index in [2.05, 4.69) is 4.98 Å². The maximum absolute atomic E-state index is 9.25. The SMILES string of the molecule is C[C@@H](N)c1cccnc1Oc1ccccc1CO. The number of nitrogens with two attached hydrogens (primary N) is 1. The number of aliphatic hydroxyl groups excluding tert-OH is 1. The molecule has 1 aromatic heterocycles. The van der Waals surface area contributed by atoms with E-state index < -0.39 is 0 Å². The maximum atomic E-state index is 9.25. The smallest absolute Gasteiger partial charge is 0.223 e. The fraction of sp³-hybridized carbons (Fsp3) is 0.214. The van der Waals surface area contributed by atoms with Crippen LogP contribution in [0, 0.1) is 0 Å². The highest BCUT2D eigenvalue weighted by Crippen LogP contribution is 2.28. The molecular weight excluding hydrogens is 228 g/mol. The number of aromatic nitrogens is 1. The second kappa shape index (κ2) is 5.62. The molecule has 0 fully saturated rings. The molecule has 0 unspecified atom stereocenters. The molecule has 0 bridgehead atoms. The fourth-order valence-corrected chi connectivity index (χ4v) is 1.67. The van der Waals surface area contributed by atoms with Crippen LogP contribution in [0.2, 0.25) is 0 Å². The number of aliphatic hydroxyl groups is 1. The summed E-state index contributed by atoms with van der Waals surface area (Å²) in [4.78, 5) is 4.19. The van der Waals surface area contributed by atoms with E-state index in [9.17, 15) is 5.11 Å². The lowest BCUT2D eigenvalue weighted by Crippen LogP contribution is -2.07. The van der Waals surface area contributed by atoms with Gasteiger partial charge in [-0.05, 0) is 19.1 Å². The molecule has 4 nitrogen and oxygen atoms in total. The Morgan fingerprint density at radius 2 is 2.06 bits per heavy atom. The lowest BCUT2D eigenvalue weighted by Gasteiger charge is -2.13. The van der Waals surface area contributed by atoms with Crippen LogP contribution in [0.15, 0.2) is 42.6 Å². The zero-order valence-corrected chi connectivity index (χ0v) is 10.2. The van der Waals surface area contributed by atoms with Crippen LogP contribution in [-0.4, -0.2) is 10.1 Å². The molecule has 0 saturated heterocycles. The van der Waals surface area contributed by atoms with Crippen LogP contribution >= 0.6 is 0 Å². The lowest BCUT2D eigenvalue weighted by atomic mass is 10.1. The summed E-state index contributed by atoms with van der Waals surface area (Å²) in [5.74, 6) is 1.08. The summed E-state index contributed by atoms with van der Waals surface area (Å²) in [5.41, 5.74) is 7.43. The van der Waals surface area contributed by atoms with Crippen LogP contribution in [0.5, 0.6) is 11.6 Å². The molecule has 18 heavy (non-hydrogen) atoms. The van der Waals surface area contributed by atoms with Gasteiger partial charge in [0.05, 0.1) is 6.61 Å². The van der Waals surface area contributed by atoms with Crippen molar-refractivity contribution >= 4 is 0 Å². The highest BCUT2D eigenvalue weighted by molar-refractivity contribution is 5.38. The van der Waals surface area contributed by atoms with Gasteiger partial charge in [0.25, 0.3) is 0 Å². The van der Waals surface area contributed by atoms with Crippen LogP contribution < -0.4 is 10.5 Å². The van der Waals surface area contributed by atoms with Crippen molar-refractivity contribution in [2.75, 3.05) is 0 Å². The van der Waals surface area contributed by atoms with Crippen molar-refractivity contribution in [3.05, 3.63) is 53.7 Å². The van der Waals surface area contributed by atoms with Crippen molar-refractivity contribution in [1.29, 1.82) is 0 Å². The van der Waals surface area contributed by atoms with E-state index in [1.165, 1.54) is 0 Å². The molecule has 94 valence electrons. The van der Waals surface area contributed by atoms with E-state index in [4.69, 9.17) is 10.5 Å². The van der Waals surface area contributed by atoms with Gasteiger partial charge in [0, 0.05) is 23.4 Å². The predicted octanol–water partition coefficient (Wildman–Crippen LogP) is 2.39. The van der Waals surface area contributed by atoms with Crippen molar-refractivity contribution in [3.63, 3.8) is 0 Å². The number of pyridine rings is 1. The van der Waals surface area contributed by atoms with Gasteiger partial charge in [0.1, 0.15) is 5.75 Å². The summed E-state index contributed by atoms with van der Waals surface area (Å²) in [5, 5.41) is 9.25. The standard InChI is InChI=1S/C14H16N2O2/c1-10(15)12-6-4-8-16-14(12)18-13-7-3-2-5-11(13)9-17/h2-8,10,17H,9,15H2,1H3/t10-/m1/s1. The number of nitrogens with zero attached hydrogens (tertiary/aromatic N) is 1. The number of hydrogen-bond donors (Lipinski definition) is 2. The van der Waals surface area contributed by atoms with Gasteiger partial charge in [-0.2, -0.15) is 0 Å². The third kappa shape index (κ3) is 2.67. The quantitative estimate of drug-likeness (QED) is 0.866. The first-order chi connectivity index (χ1) is 8.72. The van der Waals surface area contributed by atoms with Crippen molar-refractivity contribution in [1.82, 2.24) is 4.98 Å². The summed E-state index contributed by atoms with van der Waals surface area (Å²) >= 11 is 0. The van der Waals surface area contributed by atoms with Crippen LogP contribution in [0.4, 0.5) is 0 Å². The minimum Gasteiger partial charge on any atom is -0.438 e. The van der Waals surface area contributed by atoms with Gasteiger partial charge in [-0.1, -0.05) is 24.3 Å². The van der Waals surface area contributed by atoms with Crippen LogP contribution in [0.1, 0.15) is 24.1 Å². The molecule has 0 amide bonds. The number of hydrogen-bond acceptors (Lipinski definition) is 4. The molecule has 0 aliphatic rings. The van der Waals surface area contributed by atoms with Gasteiger partial charge in [-0.15, -0.1) is 0 Å². The van der Waals surface area contributed by atoms with E-state index in [0.29, 0.717) is 11.6 Å². The normalized spacial score (nSPS) is 12.2. The molecule has 1 heterocycles. The highest BCUT2D eigenvalue weighted by Gasteiger charge is 2.11. The molecule has 3 N–H and O–H groups in total. The molecule has 1 atom stereocenters. The monoisotopic (exact) mass is 244 g/mol. The van der Waals surface area contributed by atoms with E-state index in [1.54, 1.807) is 12.3 Å². The zero-order valence-electron chi connectivity index (χ0n) is 10.2. The van der Waals surface area contributed by atoms with Crippen molar-refractivity contribution in [2.24, 2.45) is 5.73 Å². The van der Waals surface area contributed by atoms with Gasteiger partial charge < -0.3 is 15.6 Å². The van der Waals surface area contributed by atoms with Gasteiger partial charge in [0.15, 0.2) is 0 Å². The van der Waals surface area contributed by atoms with Gasteiger partial charge in [-0.25, -0.2) is 4.98 Å². The first-order valence-corrected chi connectivity index (χ1v) is 5.79. The number of benzene rings is 1. The van der Waals surface area contributed by atoms with E-state index >= 15 is 0 Å². The molecule has 1 aromatic carbocycles. The topological polar surface area (TPSA) is 68.4 Å². The van der Waals surface area contributed by atoms with Gasteiger partial charge >= 0.3 is 0 Å². The van der Waals surface area contributed by atoms with Crippen LogP contribution in [-0.2, 0) is 6.61 Å². The maximum Gasteiger partial charge on any atom is 0.223 e. The fourth-order valence-electron chi connectivity index (χ4n) is 1.67. The third-order valence-corrected chi connectivity index (χ3v) is 2.64. The third-order valence-electron chi connectivity index (χ3n) is 2.64. The zero-order chi connectivity index (χ0) is 13.0. The largest absolute Gasteiger partial charge is 0.438 e. The minimum atomic E-state index is -0.157. The van der Waals surface area contributed by atoms with Gasteiger partial charge in [0.2, 0.25) is 5.88 Å². The number of ether oxygens (including phenoxy) is 1. The summed E-state index contributed by atoms with van der Waals surface area (Å²) in [7, 11) is 0. The van der Waals surface area contributed by atoms with Gasteiger partial charge in [-0.3, -0.25) is 0 Å². The van der Waals surface area contributed by atoms with Crippen molar-refractivity contribution in [3.8, 4) is 11.6 Å². The Labute approximate surface area is 106 Å². The predicted molar refractivity (Wildman–Crippen MR) is 69.3 cm³/mol. The van der Waals surface area contributed by atoms with Crippen LogP contribution in [0.3, 0.4) is 0 Å². The van der Waals surface area contributed by atoms with E-state index in [-0.39, 0.29) is 12.6 Å². The van der Waals surface area contributed by atoms with Crippen molar-refractivity contribution in [2.45, 2.75) is 19.6 Å². The Bertz CT molecular complexity index is 527. The Kier molecular flexibility index (Phi) is 3.92. The second-order valence-corrected chi connectivity index (χ2v) is 4.05. The molecule has 0 aliphatic carbocycles.